The minimum atomic E-state index is -0.256. The van der Waals surface area contributed by atoms with E-state index in [9.17, 15) is 14.0 Å². The Kier molecular flexibility index (Phi) is 7.03. The molecule has 1 aliphatic rings. The van der Waals surface area contributed by atoms with Crippen molar-refractivity contribution in [3.05, 3.63) is 30.1 Å². The lowest BCUT2D eigenvalue weighted by Gasteiger charge is -2.36. The summed E-state index contributed by atoms with van der Waals surface area (Å²) in [6.07, 6.45) is 0.922. The molecule has 25 heavy (non-hydrogen) atoms. The maximum absolute atomic E-state index is 13.0. The fourth-order valence-corrected chi connectivity index (χ4v) is 2.65. The number of nitrogens with one attached hydrogen (secondary N) is 2. The number of amides is 3. The number of urea groups is 1. The summed E-state index contributed by atoms with van der Waals surface area (Å²) in [5.74, 6) is 0.111. The minimum absolute atomic E-state index is 0.00486. The van der Waals surface area contributed by atoms with Gasteiger partial charge in [0.1, 0.15) is 5.82 Å². The third-order valence-corrected chi connectivity index (χ3v) is 4.20. The molecule has 0 bridgehead atoms. The number of halogens is 1. The summed E-state index contributed by atoms with van der Waals surface area (Å²) in [4.78, 5) is 27.6. The fourth-order valence-electron chi connectivity index (χ4n) is 2.65. The summed E-state index contributed by atoms with van der Waals surface area (Å²) < 4.78 is 13.0. The first-order valence-corrected chi connectivity index (χ1v) is 8.75. The van der Waals surface area contributed by atoms with Crippen LogP contribution in [0.1, 0.15) is 20.3 Å². The molecule has 3 amide bonds. The summed E-state index contributed by atoms with van der Waals surface area (Å²) in [7, 11) is 0. The van der Waals surface area contributed by atoms with Crippen molar-refractivity contribution in [2.75, 3.05) is 44.2 Å². The predicted octanol–water partition coefficient (Wildman–Crippen LogP) is 1.82. The molecule has 1 saturated heterocycles. The van der Waals surface area contributed by atoms with Crippen molar-refractivity contribution in [3.8, 4) is 0 Å². The average Bonchev–Trinajstić information content (AvgIpc) is 2.60. The van der Waals surface area contributed by atoms with Gasteiger partial charge in [-0.25, -0.2) is 9.18 Å². The van der Waals surface area contributed by atoms with Crippen LogP contribution in [0.3, 0.4) is 0 Å². The van der Waals surface area contributed by atoms with Gasteiger partial charge in [-0.1, -0.05) is 13.8 Å². The van der Waals surface area contributed by atoms with Crippen LogP contribution in [0.5, 0.6) is 0 Å². The van der Waals surface area contributed by atoms with Crippen LogP contribution in [-0.2, 0) is 4.79 Å². The second kappa shape index (κ2) is 9.25. The molecule has 0 atom stereocenters. The van der Waals surface area contributed by atoms with E-state index in [1.54, 1.807) is 17.0 Å². The summed E-state index contributed by atoms with van der Waals surface area (Å²) in [5, 5.41) is 5.45. The molecule has 7 heteroatoms. The number of benzene rings is 1. The lowest BCUT2D eigenvalue weighted by Crippen LogP contribution is -2.53. The number of hydrogen-bond acceptors (Lipinski definition) is 3. The fraction of sp³-hybridized carbons (Fsp3) is 0.556. The van der Waals surface area contributed by atoms with Crippen LogP contribution in [0.2, 0.25) is 0 Å². The molecule has 1 aliphatic heterocycles. The van der Waals surface area contributed by atoms with Crippen LogP contribution in [-0.4, -0.2) is 56.1 Å². The molecule has 1 fully saturated rings. The monoisotopic (exact) mass is 350 g/mol. The van der Waals surface area contributed by atoms with E-state index in [0.29, 0.717) is 38.6 Å². The van der Waals surface area contributed by atoms with Gasteiger partial charge in [-0.15, -0.1) is 0 Å². The smallest absolute Gasteiger partial charge is 0.317 e. The first-order chi connectivity index (χ1) is 12.0. The summed E-state index contributed by atoms with van der Waals surface area (Å²) in [5.41, 5.74) is 0.950. The highest BCUT2D eigenvalue weighted by Gasteiger charge is 2.21. The number of hydrogen-bond donors (Lipinski definition) is 2. The number of nitrogens with zero attached hydrogens (tertiary/aromatic N) is 2. The predicted molar refractivity (Wildman–Crippen MR) is 96.0 cm³/mol. The normalized spacial score (nSPS) is 14.6. The van der Waals surface area contributed by atoms with Crippen LogP contribution < -0.4 is 15.5 Å². The summed E-state index contributed by atoms with van der Waals surface area (Å²) in [6, 6.07) is 6.13. The Labute approximate surface area is 148 Å². The molecule has 0 radical (unpaired) electrons. The van der Waals surface area contributed by atoms with Crippen molar-refractivity contribution in [1.29, 1.82) is 0 Å². The number of carbonyl (C=O) groups excluding carboxylic acids is 2. The molecule has 138 valence electrons. The molecule has 0 aromatic heterocycles. The van der Waals surface area contributed by atoms with E-state index < -0.39 is 0 Å². The molecule has 2 N–H and O–H groups in total. The third kappa shape index (κ3) is 6.25. The average molecular weight is 350 g/mol. The van der Waals surface area contributed by atoms with Gasteiger partial charge in [-0.05, 0) is 36.6 Å². The van der Waals surface area contributed by atoms with Crippen LogP contribution >= 0.6 is 0 Å². The van der Waals surface area contributed by atoms with Gasteiger partial charge in [0.15, 0.2) is 0 Å². The van der Waals surface area contributed by atoms with Gasteiger partial charge in [0.25, 0.3) is 0 Å². The Morgan fingerprint density at radius 3 is 2.32 bits per heavy atom. The first-order valence-electron chi connectivity index (χ1n) is 8.75. The van der Waals surface area contributed by atoms with Gasteiger partial charge in [0.05, 0.1) is 6.54 Å². The van der Waals surface area contributed by atoms with Crippen molar-refractivity contribution in [2.24, 2.45) is 5.92 Å². The van der Waals surface area contributed by atoms with E-state index in [1.807, 2.05) is 0 Å². The number of anilines is 1. The molecular weight excluding hydrogens is 323 g/mol. The SMILES string of the molecule is CC(C)CCNC(=O)CNC(=O)N1CCN(c2ccc(F)cc2)CC1. The minimum Gasteiger partial charge on any atom is -0.368 e. The quantitative estimate of drug-likeness (QED) is 0.823. The lowest BCUT2D eigenvalue weighted by molar-refractivity contribution is -0.120. The van der Waals surface area contributed by atoms with Gasteiger partial charge < -0.3 is 20.4 Å². The molecule has 1 aromatic rings. The zero-order valence-corrected chi connectivity index (χ0v) is 14.9. The van der Waals surface area contributed by atoms with Gasteiger partial charge >= 0.3 is 6.03 Å². The Hall–Kier alpha value is -2.31. The van der Waals surface area contributed by atoms with Crippen molar-refractivity contribution >= 4 is 17.6 Å². The van der Waals surface area contributed by atoms with Crippen LogP contribution in [0.15, 0.2) is 24.3 Å². The molecule has 1 aromatic carbocycles. The Morgan fingerprint density at radius 1 is 1.08 bits per heavy atom. The van der Waals surface area contributed by atoms with Crippen LogP contribution in [0, 0.1) is 11.7 Å². The summed E-state index contributed by atoms with van der Waals surface area (Å²) in [6.45, 7) is 7.31. The van der Waals surface area contributed by atoms with Crippen molar-refractivity contribution in [2.45, 2.75) is 20.3 Å². The van der Waals surface area contributed by atoms with Crippen molar-refractivity contribution in [3.63, 3.8) is 0 Å². The molecule has 6 nitrogen and oxygen atoms in total. The first kappa shape index (κ1) is 19.0. The molecule has 0 unspecified atom stereocenters. The Balaban J connectivity index is 1.68. The molecule has 1 heterocycles. The largest absolute Gasteiger partial charge is 0.368 e. The standard InChI is InChI=1S/C18H27FN4O2/c1-14(2)7-8-20-17(24)13-21-18(25)23-11-9-22(10-12-23)16-5-3-15(19)4-6-16/h3-6,14H,7-13H2,1-2H3,(H,20,24)(H,21,25). The van der Waals surface area contributed by atoms with Crippen LogP contribution in [0.4, 0.5) is 14.9 Å². The van der Waals surface area contributed by atoms with Crippen LogP contribution in [0.25, 0.3) is 0 Å². The maximum Gasteiger partial charge on any atom is 0.317 e. The number of rotatable bonds is 6. The highest BCUT2D eigenvalue weighted by Crippen LogP contribution is 2.16. The second-order valence-electron chi connectivity index (χ2n) is 6.64. The molecule has 2 rings (SSSR count). The van der Waals surface area contributed by atoms with Gasteiger partial charge in [-0.2, -0.15) is 0 Å². The van der Waals surface area contributed by atoms with E-state index in [0.717, 1.165) is 12.1 Å². The van der Waals surface area contributed by atoms with Crippen molar-refractivity contribution < 1.29 is 14.0 Å². The second-order valence-corrected chi connectivity index (χ2v) is 6.64. The van der Waals surface area contributed by atoms with E-state index >= 15 is 0 Å². The summed E-state index contributed by atoms with van der Waals surface area (Å²) >= 11 is 0. The van der Waals surface area contributed by atoms with Gasteiger partial charge in [0, 0.05) is 38.4 Å². The Bertz CT molecular complexity index is 569. The molecule has 0 saturated carbocycles. The molecular formula is C18H27FN4O2. The van der Waals surface area contributed by atoms with E-state index in [-0.39, 0.29) is 24.3 Å². The third-order valence-electron chi connectivity index (χ3n) is 4.20. The Morgan fingerprint density at radius 2 is 1.72 bits per heavy atom. The number of piperazine rings is 1. The van der Waals surface area contributed by atoms with Gasteiger partial charge in [-0.3, -0.25) is 4.79 Å². The van der Waals surface area contributed by atoms with E-state index in [4.69, 9.17) is 0 Å². The van der Waals surface area contributed by atoms with E-state index in [1.165, 1.54) is 12.1 Å². The number of carbonyl (C=O) groups is 2. The van der Waals surface area contributed by atoms with Gasteiger partial charge in [0.2, 0.25) is 5.91 Å². The maximum atomic E-state index is 13.0. The molecule has 0 aliphatic carbocycles. The zero-order chi connectivity index (χ0) is 18.2. The topological polar surface area (TPSA) is 64.7 Å². The zero-order valence-electron chi connectivity index (χ0n) is 14.9. The van der Waals surface area contributed by atoms with E-state index in [2.05, 4.69) is 29.4 Å². The lowest BCUT2D eigenvalue weighted by atomic mass is 10.1. The highest BCUT2D eigenvalue weighted by atomic mass is 19.1. The van der Waals surface area contributed by atoms with Crippen molar-refractivity contribution in [1.82, 2.24) is 15.5 Å². The highest BCUT2D eigenvalue weighted by molar-refractivity contribution is 5.84. The molecule has 0 spiro atoms.